The fourth-order valence-electron chi connectivity index (χ4n) is 4.43. The van der Waals surface area contributed by atoms with E-state index < -0.39 is 35.8 Å². The van der Waals surface area contributed by atoms with Crippen LogP contribution in [0.5, 0.6) is 17.2 Å². The first-order valence-corrected chi connectivity index (χ1v) is 15.4. The number of ether oxygens (including phenoxy) is 3. The molecule has 0 aliphatic carbocycles. The second-order valence-corrected chi connectivity index (χ2v) is 10.8. The van der Waals surface area contributed by atoms with Crippen LogP contribution < -0.4 is 35.5 Å². The SMILES string of the molecule is COc1cc(CC(=O)N[C@@H](CCSC)C(=O)NC[C@@H](C(=O)O)c2ccc(OC)c(OC)c2)ccc1NC(=O)Nc1ccccc1. The topological polar surface area (TPSA) is 164 Å². The molecule has 3 aromatic carbocycles. The second-order valence-electron chi connectivity index (χ2n) is 9.81. The summed E-state index contributed by atoms with van der Waals surface area (Å²) in [5, 5.41) is 20.8. The third kappa shape index (κ3) is 10.3. The van der Waals surface area contributed by atoms with Crippen LogP contribution in [0.2, 0.25) is 0 Å². The fourth-order valence-corrected chi connectivity index (χ4v) is 4.90. The quantitative estimate of drug-likeness (QED) is 0.155. The normalized spacial score (nSPS) is 11.8. The zero-order chi connectivity index (χ0) is 32.8. The Kier molecular flexibility index (Phi) is 13.4. The molecule has 0 saturated heterocycles. The van der Waals surface area contributed by atoms with Crippen LogP contribution in [0.15, 0.2) is 66.7 Å². The van der Waals surface area contributed by atoms with E-state index >= 15 is 0 Å². The zero-order valence-corrected chi connectivity index (χ0v) is 26.4. The first kappa shape index (κ1) is 34.6. The number of carbonyl (C=O) groups is 4. The zero-order valence-electron chi connectivity index (χ0n) is 25.5. The van der Waals surface area contributed by atoms with Crippen molar-refractivity contribution in [2.24, 2.45) is 0 Å². The van der Waals surface area contributed by atoms with Crippen LogP contribution in [0, 0.1) is 0 Å². The van der Waals surface area contributed by atoms with Gasteiger partial charge < -0.3 is 40.6 Å². The smallest absolute Gasteiger partial charge is 0.323 e. The van der Waals surface area contributed by atoms with Crippen molar-refractivity contribution in [1.29, 1.82) is 0 Å². The van der Waals surface area contributed by atoms with Crippen molar-refractivity contribution in [3.8, 4) is 17.2 Å². The first-order valence-electron chi connectivity index (χ1n) is 14.0. The lowest BCUT2D eigenvalue weighted by Gasteiger charge is -2.21. The minimum atomic E-state index is -1.13. The van der Waals surface area contributed by atoms with E-state index in [2.05, 4.69) is 21.3 Å². The van der Waals surface area contributed by atoms with E-state index in [9.17, 15) is 24.3 Å². The summed E-state index contributed by atoms with van der Waals surface area (Å²) in [6.07, 6.45) is 2.17. The monoisotopic (exact) mass is 638 g/mol. The van der Waals surface area contributed by atoms with Crippen LogP contribution in [0.3, 0.4) is 0 Å². The third-order valence-corrected chi connectivity index (χ3v) is 7.41. The van der Waals surface area contributed by atoms with Gasteiger partial charge in [0.15, 0.2) is 11.5 Å². The predicted octanol–water partition coefficient (Wildman–Crippen LogP) is 4.12. The average Bonchev–Trinajstić information content (AvgIpc) is 3.03. The maximum absolute atomic E-state index is 13.2. The summed E-state index contributed by atoms with van der Waals surface area (Å²) in [7, 11) is 4.38. The summed E-state index contributed by atoms with van der Waals surface area (Å²) in [6, 6.07) is 17.3. The van der Waals surface area contributed by atoms with Gasteiger partial charge in [0.2, 0.25) is 11.8 Å². The number of hydrogen-bond donors (Lipinski definition) is 5. The van der Waals surface area contributed by atoms with E-state index in [1.165, 1.54) is 33.1 Å². The van der Waals surface area contributed by atoms with Gasteiger partial charge >= 0.3 is 12.0 Å². The molecular formula is C32H38N4O8S. The van der Waals surface area contributed by atoms with Crippen molar-refractivity contribution < 1.29 is 38.5 Å². The number of benzene rings is 3. The molecule has 240 valence electrons. The number of hydrogen-bond acceptors (Lipinski definition) is 8. The molecule has 2 atom stereocenters. The van der Waals surface area contributed by atoms with Crippen LogP contribution in [-0.2, 0) is 20.8 Å². The largest absolute Gasteiger partial charge is 0.495 e. The van der Waals surface area contributed by atoms with Crippen molar-refractivity contribution in [3.05, 3.63) is 77.9 Å². The lowest BCUT2D eigenvalue weighted by molar-refractivity contribution is -0.139. The number of amides is 4. The van der Waals surface area contributed by atoms with Gasteiger partial charge in [0.1, 0.15) is 11.8 Å². The van der Waals surface area contributed by atoms with Gasteiger partial charge in [-0.2, -0.15) is 11.8 Å². The van der Waals surface area contributed by atoms with Crippen molar-refractivity contribution in [3.63, 3.8) is 0 Å². The van der Waals surface area contributed by atoms with Crippen molar-refractivity contribution in [2.75, 3.05) is 50.5 Å². The van der Waals surface area contributed by atoms with Gasteiger partial charge in [-0.15, -0.1) is 0 Å². The molecule has 5 N–H and O–H groups in total. The molecule has 0 radical (unpaired) electrons. The standard InChI is InChI=1S/C32H38N4O8S/c1-42-26-13-11-21(18-28(26)44-3)23(31(39)40)19-33-30(38)25(14-15-45-4)35-29(37)17-20-10-12-24(27(16-20)43-2)36-32(41)34-22-8-6-5-7-9-22/h5-13,16,18,23,25H,14-15,17,19H2,1-4H3,(H,33,38)(H,35,37)(H,39,40)(H2,34,36,41)/t23-,25+/m1/s1. The number of para-hydroxylation sites is 1. The lowest BCUT2D eigenvalue weighted by Crippen LogP contribution is -2.48. The Morgan fingerprint density at radius 2 is 1.56 bits per heavy atom. The van der Waals surface area contributed by atoms with Gasteiger partial charge in [-0.25, -0.2) is 4.79 Å². The molecule has 0 aromatic heterocycles. The van der Waals surface area contributed by atoms with Gasteiger partial charge in [-0.1, -0.05) is 30.3 Å². The second kappa shape index (κ2) is 17.4. The number of urea groups is 1. The highest BCUT2D eigenvalue weighted by atomic mass is 32.2. The molecule has 0 heterocycles. The number of rotatable bonds is 16. The van der Waals surface area contributed by atoms with Gasteiger partial charge in [-0.3, -0.25) is 14.4 Å². The number of carboxylic acid groups (broad SMARTS) is 1. The molecule has 0 aliphatic rings. The van der Waals surface area contributed by atoms with Crippen LogP contribution in [0.25, 0.3) is 0 Å². The number of aliphatic carboxylic acids is 1. The number of methoxy groups -OCH3 is 3. The first-order chi connectivity index (χ1) is 21.7. The van der Waals surface area contributed by atoms with E-state index in [-0.39, 0.29) is 13.0 Å². The molecule has 4 amide bonds. The van der Waals surface area contributed by atoms with Crippen molar-refractivity contribution >= 4 is 47.0 Å². The molecule has 3 aromatic rings. The average molecular weight is 639 g/mol. The molecule has 0 spiro atoms. The van der Waals surface area contributed by atoms with E-state index in [0.29, 0.717) is 51.9 Å². The Labute approximate surface area is 266 Å². The van der Waals surface area contributed by atoms with Gasteiger partial charge in [0.25, 0.3) is 0 Å². The number of carbonyl (C=O) groups excluding carboxylic acids is 3. The molecule has 45 heavy (non-hydrogen) atoms. The molecule has 0 fully saturated rings. The summed E-state index contributed by atoms with van der Waals surface area (Å²) in [6.45, 7) is -0.196. The van der Waals surface area contributed by atoms with E-state index in [1.54, 1.807) is 60.7 Å². The summed E-state index contributed by atoms with van der Waals surface area (Å²) in [5.41, 5.74) is 2.06. The Morgan fingerprint density at radius 3 is 2.20 bits per heavy atom. The molecule has 13 heteroatoms. The van der Waals surface area contributed by atoms with Crippen LogP contribution >= 0.6 is 11.8 Å². The summed E-state index contributed by atoms with van der Waals surface area (Å²) in [5.74, 6) is -1.32. The third-order valence-electron chi connectivity index (χ3n) is 6.76. The van der Waals surface area contributed by atoms with Gasteiger partial charge in [-0.05, 0) is 66.0 Å². The Hall–Kier alpha value is -4.91. The van der Waals surface area contributed by atoms with Crippen LogP contribution in [0.4, 0.5) is 16.2 Å². The minimum Gasteiger partial charge on any atom is -0.495 e. The molecular weight excluding hydrogens is 600 g/mol. The van der Waals surface area contributed by atoms with Gasteiger partial charge in [0.05, 0.1) is 39.4 Å². The Morgan fingerprint density at radius 1 is 0.844 bits per heavy atom. The van der Waals surface area contributed by atoms with Crippen LogP contribution in [-0.4, -0.2) is 74.8 Å². The van der Waals surface area contributed by atoms with E-state index in [1.807, 2.05) is 12.3 Å². The van der Waals surface area contributed by atoms with Crippen molar-refractivity contribution in [2.45, 2.75) is 24.8 Å². The van der Waals surface area contributed by atoms with E-state index in [0.717, 1.165) is 0 Å². The predicted molar refractivity (Wildman–Crippen MR) is 174 cm³/mol. The number of anilines is 2. The maximum Gasteiger partial charge on any atom is 0.323 e. The highest BCUT2D eigenvalue weighted by Crippen LogP contribution is 2.31. The van der Waals surface area contributed by atoms with Crippen LogP contribution in [0.1, 0.15) is 23.5 Å². The summed E-state index contributed by atoms with van der Waals surface area (Å²) in [4.78, 5) is 50.7. The summed E-state index contributed by atoms with van der Waals surface area (Å²) < 4.78 is 15.9. The molecule has 3 rings (SSSR count). The number of carboxylic acids is 1. The van der Waals surface area contributed by atoms with E-state index in [4.69, 9.17) is 14.2 Å². The molecule has 0 bridgehead atoms. The fraction of sp³-hybridized carbons (Fsp3) is 0.312. The molecule has 0 aliphatic heterocycles. The molecule has 0 unspecified atom stereocenters. The van der Waals surface area contributed by atoms with Gasteiger partial charge in [0, 0.05) is 12.2 Å². The minimum absolute atomic E-state index is 0.0563. The molecule has 12 nitrogen and oxygen atoms in total. The summed E-state index contributed by atoms with van der Waals surface area (Å²) >= 11 is 1.52. The number of thioether (sulfide) groups is 1. The highest BCUT2D eigenvalue weighted by Gasteiger charge is 2.26. The Balaban J connectivity index is 1.64. The molecule has 0 saturated carbocycles. The lowest BCUT2D eigenvalue weighted by atomic mass is 9.98. The highest BCUT2D eigenvalue weighted by molar-refractivity contribution is 7.98. The van der Waals surface area contributed by atoms with Crippen molar-refractivity contribution in [1.82, 2.24) is 10.6 Å². The maximum atomic E-state index is 13.2. The number of nitrogens with one attached hydrogen (secondary N) is 4. The Bertz CT molecular complexity index is 1470.